The zero-order chi connectivity index (χ0) is 13.8. The van der Waals surface area contributed by atoms with Crippen LogP contribution in [-0.4, -0.2) is 61.0 Å². The van der Waals surface area contributed by atoms with E-state index < -0.39 is 5.54 Å². The fraction of sp³-hybridized carbons (Fsp3) is 0.923. The number of carbonyl (C=O) groups is 1. The number of nitrogens with two attached hydrogens (primary N) is 2. The minimum absolute atomic E-state index is 0.353. The quantitative estimate of drug-likeness (QED) is 0.672. The average molecular weight is 256 g/mol. The Hall–Kier alpha value is -0.650. The van der Waals surface area contributed by atoms with Crippen LogP contribution in [0.5, 0.6) is 0 Å². The first-order chi connectivity index (χ1) is 8.39. The first-order valence-corrected chi connectivity index (χ1v) is 6.86. The van der Waals surface area contributed by atoms with E-state index in [4.69, 9.17) is 11.5 Å². The molecule has 0 aromatic rings. The van der Waals surface area contributed by atoms with Gasteiger partial charge in [0.15, 0.2) is 0 Å². The third-order valence-corrected chi connectivity index (χ3v) is 3.88. The summed E-state index contributed by atoms with van der Waals surface area (Å²) < 4.78 is 0. The summed E-state index contributed by atoms with van der Waals surface area (Å²) in [6.07, 6.45) is 3.52. The van der Waals surface area contributed by atoms with Crippen molar-refractivity contribution < 1.29 is 4.79 Å². The third kappa shape index (κ3) is 3.93. The van der Waals surface area contributed by atoms with Gasteiger partial charge in [-0.15, -0.1) is 0 Å². The second-order valence-corrected chi connectivity index (χ2v) is 5.76. The second-order valence-electron chi connectivity index (χ2n) is 5.76. The normalized spacial score (nSPS) is 28.2. The maximum atomic E-state index is 11.4. The molecule has 0 aromatic carbocycles. The van der Waals surface area contributed by atoms with Crippen molar-refractivity contribution in [2.75, 3.05) is 33.7 Å². The number of rotatable bonds is 7. The summed E-state index contributed by atoms with van der Waals surface area (Å²) in [5, 5.41) is 0. The van der Waals surface area contributed by atoms with E-state index in [2.05, 4.69) is 30.8 Å². The Labute approximate surface area is 110 Å². The third-order valence-electron chi connectivity index (χ3n) is 3.88. The second kappa shape index (κ2) is 6.50. The molecule has 1 aliphatic carbocycles. The van der Waals surface area contributed by atoms with Gasteiger partial charge >= 0.3 is 0 Å². The molecule has 1 rings (SSSR count). The fourth-order valence-electron chi connectivity index (χ4n) is 2.68. The highest BCUT2D eigenvalue weighted by molar-refractivity contribution is 5.84. The van der Waals surface area contributed by atoms with Gasteiger partial charge in [0.05, 0.1) is 5.54 Å². The van der Waals surface area contributed by atoms with E-state index in [1.807, 2.05) is 0 Å². The predicted molar refractivity (Wildman–Crippen MR) is 74.2 cm³/mol. The van der Waals surface area contributed by atoms with Crippen LogP contribution in [0.25, 0.3) is 0 Å². The summed E-state index contributed by atoms with van der Waals surface area (Å²) in [6, 6.07) is 0.405. The first-order valence-electron chi connectivity index (χ1n) is 6.86. The van der Waals surface area contributed by atoms with Crippen molar-refractivity contribution in [1.29, 1.82) is 0 Å². The molecule has 1 aliphatic rings. The molecule has 1 fully saturated rings. The average Bonchev–Trinajstić information content (AvgIpc) is 2.68. The van der Waals surface area contributed by atoms with Gasteiger partial charge in [0.2, 0.25) is 5.91 Å². The summed E-state index contributed by atoms with van der Waals surface area (Å²) in [6.45, 7) is 5.31. The summed E-state index contributed by atoms with van der Waals surface area (Å²) in [4.78, 5) is 16.0. The van der Waals surface area contributed by atoms with E-state index in [0.29, 0.717) is 12.5 Å². The molecule has 0 radical (unpaired) electrons. The number of primary amides is 1. The smallest absolute Gasteiger partial charge is 0.237 e. The van der Waals surface area contributed by atoms with Gasteiger partial charge in [0.1, 0.15) is 0 Å². The zero-order valence-corrected chi connectivity index (χ0v) is 12.0. The maximum absolute atomic E-state index is 11.4. The highest BCUT2D eigenvalue weighted by Crippen LogP contribution is 2.31. The molecule has 1 amide bonds. The number of nitrogens with zero attached hydrogens (tertiary/aromatic N) is 2. The molecular formula is C13H28N4O. The van der Waals surface area contributed by atoms with Crippen molar-refractivity contribution in [2.45, 2.75) is 44.2 Å². The van der Waals surface area contributed by atoms with Crippen molar-refractivity contribution >= 4 is 5.91 Å². The van der Waals surface area contributed by atoms with Gasteiger partial charge in [-0.25, -0.2) is 0 Å². The predicted octanol–water partition coefficient (Wildman–Crippen LogP) is -0.00470. The van der Waals surface area contributed by atoms with Gasteiger partial charge in [-0.05, 0) is 46.3 Å². The van der Waals surface area contributed by atoms with Gasteiger partial charge in [-0.1, -0.05) is 6.92 Å². The Morgan fingerprint density at radius 1 is 1.33 bits per heavy atom. The van der Waals surface area contributed by atoms with E-state index in [-0.39, 0.29) is 5.91 Å². The van der Waals surface area contributed by atoms with Crippen LogP contribution >= 0.6 is 0 Å². The SMILES string of the molecule is CCCN(CCN(C)C)C1CCC(N)(C(N)=O)C1. The van der Waals surface area contributed by atoms with Crippen molar-refractivity contribution in [3.05, 3.63) is 0 Å². The molecule has 0 aromatic heterocycles. The molecule has 0 spiro atoms. The number of likely N-dealkylation sites (N-methyl/N-ethyl adjacent to an activating group) is 1. The molecule has 2 atom stereocenters. The lowest BCUT2D eigenvalue weighted by Gasteiger charge is -2.30. The summed E-state index contributed by atoms with van der Waals surface area (Å²) in [5.41, 5.74) is 10.7. The minimum Gasteiger partial charge on any atom is -0.368 e. The van der Waals surface area contributed by atoms with Crippen LogP contribution in [-0.2, 0) is 4.79 Å². The summed E-state index contributed by atoms with van der Waals surface area (Å²) in [5.74, 6) is -0.353. The molecule has 1 saturated carbocycles. The lowest BCUT2D eigenvalue weighted by Crippen LogP contribution is -2.51. The van der Waals surface area contributed by atoms with Crippen LogP contribution < -0.4 is 11.5 Å². The Balaban J connectivity index is 2.57. The van der Waals surface area contributed by atoms with Crippen molar-refractivity contribution in [1.82, 2.24) is 9.80 Å². The minimum atomic E-state index is -0.783. The fourth-order valence-corrected chi connectivity index (χ4v) is 2.68. The Morgan fingerprint density at radius 2 is 2.00 bits per heavy atom. The van der Waals surface area contributed by atoms with Crippen LogP contribution in [0.1, 0.15) is 32.6 Å². The number of hydrogen-bond acceptors (Lipinski definition) is 4. The van der Waals surface area contributed by atoms with Crippen LogP contribution in [0, 0.1) is 0 Å². The molecule has 106 valence electrons. The van der Waals surface area contributed by atoms with Crippen molar-refractivity contribution in [2.24, 2.45) is 11.5 Å². The molecule has 0 bridgehead atoms. The molecule has 0 aliphatic heterocycles. The van der Waals surface area contributed by atoms with Crippen LogP contribution in [0.15, 0.2) is 0 Å². The van der Waals surface area contributed by atoms with E-state index >= 15 is 0 Å². The highest BCUT2D eigenvalue weighted by atomic mass is 16.1. The number of amides is 1. The van der Waals surface area contributed by atoms with Gasteiger partial charge in [-0.2, -0.15) is 0 Å². The topological polar surface area (TPSA) is 75.6 Å². The largest absolute Gasteiger partial charge is 0.368 e. The first kappa shape index (κ1) is 15.4. The van der Waals surface area contributed by atoms with E-state index in [0.717, 1.165) is 38.9 Å². The van der Waals surface area contributed by atoms with Gasteiger partial charge in [0.25, 0.3) is 0 Å². The summed E-state index contributed by atoms with van der Waals surface area (Å²) in [7, 11) is 4.16. The maximum Gasteiger partial charge on any atom is 0.237 e. The molecule has 0 heterocycles. The van der Waals surface area contributed by atoms with Gasteiger partial charge < -0.3 is 16.4 Å². The zero-order valence-electron chi connectivity index (χ0n) is 12.0. The highest BCUT2D eigenvalue weighted by Gasteiger charge is 2.42. The molecule has 5 nitrogen and oxygen atoms in total. The molecule has 2 unspecified atom stereocenters. The number of carbonyl (C=O) groups excluding carboxylic acids is 1. The molecule has 0 saturated heterocycles. The van der Waals surface area contributed by atoms with Crippen molar-refractivity contribution in [3.8, 4) is 0 Å². The summed E-state index contributed by atoms with van der Waals surface area (Å²) >= 11 is 0. The molecule has 18 heavy (non-hydrogen) atoms. The van der Waals surface area contributed by atoms with Gasteiger partial charge in [0, 0.05) is 19.1 Å². The molecule has 4 N–H and O–H groups in total. The standard InChI is InChI=1S/C13H28N4O/c1-4-7-17(9-8-16(2)3)11-5-6-13(15,10-11)12(14)18/h11H,4-10,15H2,1-3H3,(H2,14,18). The lowest BCUT2D eigenvalue weighted by atomic mass is 9.98. The number of hydrogen-bond donors (Lipinski definition) is 2. The van der Waals surface area contributed by atoms with Crippen LogP contribution in [0.3, 0.4) is 0 Å². The van der Waals surface area contributed by atoms with Crippen molar-refractivity contribution in [3.63, 3.8) is 0 Å². The Bertz CT molecular complexity index is 282. The Kier molecular flexibility index (Phi) is 5.56. The van der Waals surface area contributed by atoms with E-state index in [1.165, 1.54) is 0 Å². The van der Waals surface area contributed by atoms with Crippen LogP contribution in [0.2, 0.25) is 0 Å². The monoisotopic (exact) mass is 256 g/mol. The van der Waals surface area contributed by atoms with E-state index in [9.17, 15) is 4.79 Å². The van der Waals surface area contributed by atoms with E-state index in [1.54, 1.807) is 0 Å². The molecular weight excluding hydrogens is 228 g/mol. The van der Waals surface area contributed by atoms with Crippen LogP contribution in [0.4, 0.5) is 0 Å². The Morgan fingerprint density at radius 3 is 2.44 bits per heavy atom. The lowest BCUT2D eigenvalue weighted by molar-refractivity contribution is -0.123. The molecule has 5 heteroatoms. The van der Waals surface area contributed by atoms with Gasteiger partial charge in [-0.3, -0.25) is 9.69 Å².